The summed E-state index contributed by atoms with van der Waals surface area (Å²) in [4.78, 5) is 48.6. The van der Waals surface area contributed by atoms with Gasteiger partial charge in [-0.1, -0.05) is 30.3 Å². The number of carbonyl (C=O) groups is 3. The second-order valence-electron chi connectivity index (χ2n) is 8.02. The van der Waals surface area contributed by atoms with Gasteiger partial charge in [0.1, 0.15) is 12.7 Å². The lowest BCUT2D eigenvalue weighted by atomic mass is 10.1. The minimum absolute atomic E-state index is 0.204. The Labute approximate surface area is 219 Å². The summed E-state index contributed by atoms with van der Waals surface area (Å²) in [5.41, 5.74) is 1.95. The van der Waals surface area contributed by atoms with Crippen LogP contribution in [-0.4, -0.2) is 62.3 Å². The smallest absolute Gasteiger partial charge is 0.303 e. The van der Waals surface area contributed by atoms with Crippen molar-refractivity contribution in [1.29, 1.82) is 0 Å². The molecule has 13 heteroatoms. The van der Waals surface area contributed by atoms with E-state index in [2.05, 4.69) is 20.3 Å². The zero-order valence-corrected chi connectivity index (χ0v) is 21.9. The van der Waals surface area contributed by atoms with Crippen LogP contribution in [0.15, 0.2) is 36.7 Å². The molecule has 36 heavy (non-hydrogen) atoms. The van der Waals surface area contributed by atoms with Crippen LogP contribution in [-0.2, 0) is 39.9 Å². The standard InChI is InChI=1S/C23H24IN5O7/c1-12(30)33-10-16-18(34-13(2)31)19(35-14(3)32)22(36-16)29-11-26-17-20(27-23(24)28-21(17)29)25-9-15-7-5-4-6-8-15/h4-8,11,16,18-19,22H,9-10H2,1-3H3,(H,25,27,28). The second-order valence-corrected chi connectivity index (χ2v) is 8.99. The first-order valence-corrected chi connectivity index (χ1v) is 12.1. The maximum atomic E-state index is 11.9. The predicted molar refractivity (Wildman–Crippen MR) is 133 cm³/mol. The summed E-state index contributed by atoms with van der Waals surface area (Å²) in [5.74, 6) is -1.22. The summed E-state index contributed by atoms with van der Waals surface area (Å²) < 4.78 is 24.2. The molecule has 1 saturated heterocycles. The van der Waals surface area contributed by atoms with Crippen molar-refractivity contribution in [3.63, 3.8) is 0 Å². The van der Waals surface area contributed by atoms with Gasteiger partial charge in [0.05, 0.1) is 6.33 Å². The highest BCUT2D eigenvalue weighted by Gasteiger charge is 2.51. The van der Waals surface area contributed by atoms with E-state index in [0.29, 0.717) is 27.4 Å². The van der Waals surface area contributed by atoms with Gasteiger partial charge in [-0.3, -0.25) is 19.0 Å². The molecule has 0 radical (unpaired) electrons. The van der Waals surface area contributed by atoms with Crippen molar-refractivity contribution in [2.75, 3.05) is 11.9 Å². The number of anilines is 1. The third-order valence-electron chi connectivity index (χ3n) is 5.31. The zero-order chi connectivity index (χ0) is 25.8. The fourth-order valence-corrected chi connectivity index (χ4v) is 4.37. The van der Waals surface area contributed by atoms with Crippen LogP contribution in [0.3, 0.4) is 0 Å². The molecule has 1 fully saturated rings. The highest BCUT2D eigenvalue weighted by Crippen LogP contribution is 2.36. The van der Waals surface area contributed by atoms with Crippen molar-refractivity contribution in [3.05, 3.63) is 46.1 Å². The number of ether oxygens (including phenoxy) is 4. The van der Waals surface area contributed by atoms with Gasteiger partial charge in [-0.25, -0.2) is 15.0 Å². The fraction of sp³-hybridized carbons (Fsp3) is 0.391. The average molecular weight is 609 g/mol. The Bertz CT molecular complexity index is 1270. The van der Waals surface area contributed by atoms with Crippen molar-refractivity contribution >= 4 is 57.5 Å². The monoisotopic (exact) mass is 609 g/mol. The molecule has 2 aromatic heterocycles. The number of carbonyl (C=O) groups excluding carboxylic acids is 3. The Balaban J connectivity index is 1.70. The van der Waals surface area contributed by atoms with Gasteiger partial charge in [0, 0.05) is 49.9 Å². The van der Waals surface area contributed by atoms with Gasteiger partial charge in [-0.05, 0) is 5.56 Å². The maximum absolute atomic E-state index is 11.9. The third kappa shape index (κ3) is 5.90. The van der Waals surface area contributed by atoms with Crippen molar-refractivity contribution in [2.24, 2.45) is 0 Å². The first-order chi connectivity index (χ1) is 17.2. The molecule has 4 unspecified atom stereocenters. The van der Waals surface area contributed by atoms with Crippen molar-refractivity contribution in [3.8, 4) is 0 Å². The molecule has 12 nitrogen and oxygen atoms in total. The van der Waals surface area contributed by atoms with Gasteiger partial charge >= 0.3 is 17.9 Å². The first kappa shape index (κ1) is 25.8. The Morgan fingerprint density at radius 1 is 1.03 bits per heavy atom. The largest absolute Gasteiger partial charge is 0.463 e. The molecule has 3 aromatic rings. The quantitative estimate of drug-likeness (QED) is 0.174. The van der Waals surface area contributed by atoms with Gasteiger partial charge in [-0.15, -0.1) is 0 Å². The summed E-state index contributed by atoms with van der Waals surface area (Å²) in [5, 5.41) is 3.28. The molecule has 1 N–H and O–H groups in total. The van der Waals surface area contributed by atoms with Gasteiger partial charge in [0.15, 0.2) is 39.2 Å². The number of aromatic nitrogens is 4. The molecular weight excluding hydrogens is 585 g/mol. The summed E-state index contributed by atoms with van der Waals surface area (Å²) in [6.07, 6.45) is -2.43. The molecule has 0 saturated carbocycles. The normalized spacial score (nSPS) is 21.2. The van der Waals surface area contributed by atoms with Gasteiger partial charge < -0.3 is 24.3 Å². The highest BCUT2D eigenvalue weighted by molar-refractivity contribution is 14.1. The third-order valence-corrected chi connectivity index (χ3v) is 5.79. The average Bonchev–Trinajstić information content (AvgIpc) is 3.37. The minimum atomic E-state index is -1.04. The SMILES string of the molecule is CC(=O)OCC1OC(n2cnc3c(NCc4ccccc4)nc(I)nc32)C(OC(C)=O)C1OC(C)=O. The first-order valence-electron chi connectivity index (χ1n) is 11.0. The molecule has 4 rings (SSSR count). The highest BCUT2D eigenvalue weighted by atomic mass is 127. The van der Waals surface area contributed by atoms with Crippen LogP contribution in [0.1, 0.15) is 32.6 Å². The molecule has 3 heterocycles. The van der Waals surface area contributed by atoms with Crippen LogP contribution in [0.25, 0.3) is 11.2 Å². The molecule has 4 atom stereocenters. The molecule has 0 aliphatic carbocycles. The van der Waals surface area contributed by atoms with Crippen LogP contribution in [0.5, 0.6) is 0 Å². The van der Waals surface area contributed by atoms with Crippen molar-refractivity contribution in [1.82, 2.24) is 19.5 Å². The molecule has 0 bridgehead atoms. The Kier molecular flexibility index (Phi) is 7.98. The molecule has 0 spiro atoms. The maximum Gasteiger partial charge on any atom is 0.303 e. The summed E-state index contributed by atoms with van der Waals surface area (Å²) in [7, 11) is 0. The van der Waals surface area contributed by atoms with E-state index in [1.54, 1.807) is 4.57 Å². The number of hydrogen-bond acceptors (Lipinski definition) is 11. The number of rotatable bonds is 8. The van der Waals surface area contributed by atoms with E-state index in [1.165, 1.54) is 27.1 Å². The molecule has 1 aromatic carbocycles. The van der Waals surface area contributed by atoms with Gasteiger partial charge in [-0.2, -0.15) is 0 Å². The van der Waals surface area contributed by atoms with Crippen molar-refractivity contribution < 1.29 is 33.3 Å². The number of esters is 3. The zero-order valence-electron chi connectivity index (χ0n) is 19.7. The Hall–Kier alpha value is -3.33. The lowest BCUT2D eigenvalue weighted by molar-refractivity contribution is -0.166. The lowest BCUT2D eigenvalue weighted by Gasteiger charge is -2.23. The van der Waals surface area contributed by atoms with Crippen LogP contribution in [0.2, 0.25) is 0 Å². The molecule has 1 aliphatic heterocycles. The molecule has 0 amide bonds. The number of imidazole rings is 1. The van der Waals surface area contributed by atoms with Gasteiger partial charge in [0.25, 0.3) is 0 Å². The minimum Gasteiger partial charge on any atom is -0.463 e. The number of fused-ring (bicyclic) bond motifs is 1. The van der Waals surface area contributed by atoms with E-state index in [-0.39, 0.29) is 6.61 Å². The Morgan fingerprint density at radius 2 is 1.72 bits per heavy atom. The number of halogens is 1. The summed E-state index contributed by atoms with van der Waals surface area (Å²) >= 11 is 2.00. The van der Waals surface area contributed by atoms with Gasteiger partial charge in [0.2, 0.25) is 0 Å². The van der Waals surface area contributed by atoms with Crippen LogP contribution >= 0.6 is 22.6 Å². The fourth-order valence-electron chi connectivity index (χ4n) is 3.90. The van der Waals surface area contributed by atoms with Crippen LogP contribution in [0.4, 0.5) is 5.82 Å². The molecule has 1 aliphatic rings. The van der Waals surface area contributed by atoms with E-state index in [4.69, 9.17) is 18.9 Å². The summed E-state index contributed by atoms with van der Waals surface area (Å²) in [6.45, 7) is 4.04. The second kappa shape index (κ2) is 11.2. The van der Waals surface area contributed by atoms with E-state index in [1.807, 2.05) is 52.9 Å². The number of nitrogens with one attached hydrogen (secondary N) is 1. The lowest BCUT2D eigenvalue weighted by Crippen LogP contribution is -2.40. The van der Waals surface area contributed by atoms with E-state index < -0.39 is 42.4 Å². The molecular formula is C23H24IN5O7. The number of nitrogens with zero attached hydrogens (tertiary/aromatic N) is 4. The van der Waals surface area contributed by atoms with Crippen LogP contribution < -0.4 is 5.32 Å². The Morgan fingerprint density at radius 3 is 2.39 bits per heavy atom. The number of benzene rings is 1. The van der Waals surface area contributed by atoms with E-state index >= 15 is 0 Å². The van der Waals surface area contributed by atoms with Crippen LogP contribution in [0, 0.1) is 3.83 Å². The van der Waals surface area contributed by atoms with Crippen molar-refractivity contribution in [2.45, 2.75) is 51.9 Å². The molecule has 190 valence electrons. The van der Waals surface area contributed by atoms with E-state index in [9.17, 15) is 14.4 Å². The summed E-state index contributed by atoms with van der Waals surface area (Å²) in [6, 6.07) is 9.82. The number of hydrogen-bond donors (Lipinski definition) is 1. The van der Waals surface area contributed by atoms with E-state index in [0.717, 1.165) is 5.56 Å². The predicted octanol–water partition coefficient (Wildman–Crippen LogP) is 2.37. The topological polar surface area (TPSA) is 144 Å².